The average Bonchev–Trinajstić information content (AvgIpc) is 2.19. The van der Waals surface area contributed by atoms with E-state index in [0.717, 1.165) is 5.56 Å². The molecule has 1 aromatic rings. The third kappa shape index (κ3) is 3.79. The highest BCUT2D eigenvalue weighted by molar-refractivity contribution is 6.42. The molecule has 1 rings (SSSR count). The number of halogens is 3. The van der Waals surface area contributed by atoms with Gasteiger partial charge in [-0.25, -0.2) is 0 Å². The third-order valence-corrected chi connectivity index (χ3v) is 3.12. The minimum atomic E-state index is -0.581. The molecule has 0 heterocycles. The number of aliphatic hydroxyl groups is 1. The van der Waals surface area contributed by atoms with Crippen LogP contribution in [0.25, 0.3) is 0 Å². The fourth-order valence-electron chi connectivity index (χ4n) is 1.33. The Balaban J connectivity index is 0.00000225. The topological polar surface area (TPSA) is 46.2 Å². The van der Waals surface area contributed by atoms with Crippen molar-refractivity contribution in [3.63, 3.8) is 0 Å². The maximum Gasteiger partial charge on any atom is 0.0755 e. The third-order valence-electron chi connectivity index (χ3n) is 2.38. The summed E-state index contributed by atoms with van der Waals surface area (Å²) >= 11 is 11.7. The lowest BCUT2D eigenvalue weighted by atomic mass is 9.94. The van der Waals surface area contributed by atoms with E-state index < -0.39 is 12.1 Å². The van der Waals surface area contributed by atoms with Crippen molar-refractivity contribution in [2.45, 2.75) is 26.0 Å². The second-order valence-corrected chi connectivity index (χ2v) is 4.75. The van der Waals surface area contributed by atoms with Crippen molar-refractivity contribution in [2.24, 2.45) is 11.7 Å². The van der Waals surface area contributed by atoms with E-state index >= 15 is 0 Å². The summed E-state index contributed by atoms with van der Waals surface area (Å²) in [6.45, 7) is 3.84. The highest BCUT2D eigenvalue weighted by atomic mass is 35.5. The summed E-state index contributed by atoms with van der Waals surface area (Å²) in [7, 11) is 0. The lowest BCUT2D eigenvalue weighted by Crippen LogP contribution is -2.30. The Labute approximate surface area is 112 Å². The fourth-order valence-corrected chi connectivity index (χ4v) is 1.64. The molecule has 2 atom stereocenters. The maximum atomic E-state index is 9.81. The predicted octanol–water partition coefficient (Wildman–Crippen LogP) is 3.43. The normalized spacial score (nSPS) is 14.4. The second kappa shape index (κ2) is 6.67. The molecule has 0 amide bonds. The number of aliphatic hydroxyl groups excluding tert-OH is 1. The summed E-state index contributed by atoms with van der Waals surface area (Å²) in [6, 6.07) is 4.73. The number of hydrogen-bond acceptors (Lipinski definition) is 2. The van der Waals surface area contributed by atoms with Crippen LogP contribution in [-0.4, -0.2) is 11.2 Å². The van der Waals surface area contributed by atoms with E-state index in [-0.39, 0.29) is 18.3 Å². The van der Waals surface area contributed by atoms with E-state index in [1.165, 1.54) is 0 Å². The Kier molecular flexibility index (Phi) is 6.68. The molecule has 0 aromatic heterocycles. The van der Waals surface area contributed by atoms with Crippen molar-refractivity contribution in [2.75, 3.05) is 0 Å². The standard InChI is InChI=1S/C11H15Cl2NO.ClH/c1-6(2)11(15)10(14)7-3-4-8(12)9(13)5-7;/h3-6,10-11,15H,14H2,1-2H3;1H/t10-,11+;/m0./s1. The molecule has 2 nitrogen and oxygen atoms in total. The van der Waals surface area contributed by atoms with Crippen LogP contribution in [0.1, 0.15) is 25.5 Å². The molecular weight excluding hydrogens is 268 g/mol. The van der Waals surface area contributed by atoms with Gasteiger partial charge in [-0.3, -0.25) is 0 Å². The van der Waals surface area contributed by atoms with Gasteiger partial charge in [-0.2, -0.15) is 0 Å². The molecule has 0 saturated carbocycles. The van der Waals surface area contributed by atoms with Crippen molar-refractivity contribution >= 4 is 35.6 Å². The molecule has 0 radical (unpaired) electrons. The molecule has 0 unspecified atom stereocenters. The lowest BCUT2D eigenvalue weighted by molar-refractivity contribution is 0.0979. The minimum absolute atomic E-state index is 0. The first-order valence-electron chi connectivity index (χ1n) is 4.82. The van der Waals surface area contributed by atoms with E-state index in [2.05, 4.69) is 0 Å². The largest absolute Gasteiger partial charge is 0.391 e. The molecule has 1 aromatic carbocycles. The van der Waals surface area contributed by atoms with Crippen molar-refractivity contribution < 1.29 is 5.11 Å². The maximum absolute atomic E-state index is 9.81. The Bertz CT molecular complexity index is 344. The SMILES string of the molecule is CC(C)[C@@H](O)[C@@H](N)c1ccc(Cl)c(Cl)c1.Cl. The summed E-state index contributed by atoms with van der Waals surface area (Å²) < 4.78 is 0. The molecule has 0 fully saturated rings. The van der Waals surface area contributed by atoms with Crippen LogP contribution in [0.4, 0.5) is 0 Å². The van der Waals surface area contributed by atoms with E-state index in [1.54, 1.807) is 18.2 Å². The van der Waals surface area contributed by atoms with Gasteiger partial charge in [0.25, 0.3) is 0 Å². The van der Waals surface area contributed by atoms with Crippen molar-refractivity contribution in [1.82, 2.24) is 0 Å². The van der Waals surface area contributed by atoms with Gasteiger partial charge in [-0.15, -0.1) is 12.4 Å². The van der Waals surface area contributed by atoms with Crippen LogP contribution < -0.4 is 5.73 Å². The van der Waals surface area contributed by atoms with Crippen LogP contribution in [0.2, 0.25) is 10.0 Å². The van der Waals surface area contributed by atoms with Crippen LogP contribution in [0, 0.1) is 5.92 Å². The van der Waals surface area contributed by atoms with Crippen LogP contribution in [-0.2, 0) is 0 Å². The molecule has 0 saturated heterocycles. The Hall–Kier alpha value is 0.01000. The van der Waals surface area contributed by atoms with Gasteiger partial charge >= 0.3 is 0 Å². The molecule has 16 heavy (non-hydrogen) atoms. The summed E-state index contributed by atoms with van der Waals surface area (Å²) in [5, 5.41) is 10.8. The highest BCUT2D eigenvalue weighted by Gasteiger charge is 2.20. The lowest BCUT2D eigenvalue weighted by Gasteiger charge is -2.22. The smallest absolute Gasteiger partial charge is 0.0755 e. The number of rotatable bonds is 3. The zero-order valence-electron chi connectivity index (χ0n) is 9.15. The predicted molar refractivity (Wildman–Crippen MR) is 71.5 cm³/mol. The molecule has 0 aliphatic carbocycles. The summed E-state index contributed by atoms with van der Waals surface area (Å²) in [4.78, 5) is 0. The van der Waals surface area contributed by atoms with Gasteiger partial charge < -0.3 is 10.8 Å². The Morgan fingerprint density at radius 3 is 2.19 bits per heavy atom. The number of benzene rings is 1. The van der Waals surface area contributed by atoms with E-state index in [0.29, 0.717) is 10.0 Å². The monoisotopic (exact) mass is 283 g/mol. The molecule has 92 valence electrons. The molecule has 0 aliphatic heterocycles. The van der Waals surface area contributed by atoms with Crippen molar-refractivity contribution in [1.29, 1.82) is 0 Å². The Morgan fingerprint density at radius 1 is 1.19 bits per heavy atom. The van der Waals surface area contributed by atoms with E-state index in [9.17, 15) is 5.11 Å². The number of nitrogens with two attached hydrogens (primary N) is 1. The molecule has 0 spiro atoms. The van der Waals surface area contributed by atoms with Gasteiger partial charge in [-0.05, 0) is 23.6 Å². The summed E-state index contributed by atoms with van der Waals surface area (Å²) in [5.41, 5.74) is 6.70. The minimum Gasteiger partial charge on any atom is -0.391 e. The van der Waals surface area contributed by atoms with Crippen molar-refractivity contribution in [3.8, 4) is 0 Å². The molecular formula is C11H16Cl3NO. The van der Waals surface area contributed by atoms with Crippen LogP contribution in [0.3, 0.4) is 0 Å². The molecule has 5 heteroatoms. The first kappa shape index (κ1) is 16.0. The first-order chi connectivity index (χ1) is 6.93. The quantitative estimate of drug-likeness (QED) is 0.893. The van der Waals surface area contributed by atoms with Gasteiger partial charge in [0.2, 0.25) is 0 Å². The van der Waals surface area contributed by atoms with Crippen molar-refractivity contribution in [3.05, 3.63) is 33.8 Å². The van der Waals surface area contributed by atoms with Gasteiger partial charge in [0.15, 0.2) is 0 Å². The summed E-state index contributed by atoms with van der Waals surface area (Å²) in [5.74, 6) is 0.106. The van der Waals surface area contributed by atoms with Crippen LogP contribution >= 0.6 is 35.6 Å². The van der Waals surface area contributed by atoms with Crippen LogP contribution in [0.15, 0.2) is 18.2 Å². The van der Waals surface area contributed by atoms with Gasteiger partial charge in [0, 0.05) is 0 Å². The zero-order valence-corrected chi connectivity index (χ0v) is 11.5. The molecule has 0 aliphatic rings. The van der Waals surface area contributed by atoms with E-state index in [4.69, 9.17) is 28.9 Å². The van der Waals surface area contributed by atoms with Gasteiger partial charge in [-0.1, -0.05) is 43.1 Å². The highest BCUT2D eigenvalue weighted by Crippen LogP contribution is 2.27. The number of hydrogen-bond donors (Lipinski definition) is 2. The van der Waals surface area contributed by atoms with E-state index in [1.807, 2.05) is 13.8 Å². The second-order valence-electron chi connectivity index (χ2n) is 3.93. The first-order valence-corrected chi connectivity index (χ1v) is 5.57. The fraction of sp³-hybridized carbons (Fsp3) is 0.455. The average molecular weight is 285 g/mol. The Morgan fingerprint density at radius 2 is 1.75 bits per heavy atom. The molecule has 0 bridgehead atoms. The molecule has 3 N–H and O–H groups in total. The van der Waals surface area contributed by atoms with Gasteiger partial charge in [0.1, 0.15) is 0 Å². The zero-order chi connectivity index (χ0) is 11.6. The van der Waals surface area contributed by atoms with Gasteiger partial charge in [0.05, 0.1) is 22.2 Å². The van der Waals surface area contributed by atoms with Crippen LogP contribution in [0.5, 0.6) is 0 Å². The summed E-state index contributed by atoms with van der Waals surface area (Å²) in [6.07, 6.45) is -0.581.